The summed E-state index contributed by atoms with van der Waals surface area (Å²) in [6.45, 7) is 4.35. The van der Waals surface area contributed by atoms with E-state index < -0.39 is 34.0 Å². The number of nitro groups is 1. The molecule has 4 aromatic carbocycles. The molecule has 0 aliphatic rings. The van der Waals surface area contributed by atoms with Crippen LogP contribution in [0, 0.1) is 10.1 Å². The number of carbonyl (C=O) groups excluding carboxylic acids is 1. The molecular weight excluding hydrogens is 675 g/mol. The number of hydrogen-bond acceptors (Lipinski definition) is 8. The Bertz CT molecular complexity index is 1730. The molecule has 14 heteroatoms. The van der Waals surface area contributed by atoms with E-state index in [4.69, 9.17) is 18.9 Å². The summed E-state index contributed by atoms with van der Waals surface area (Å²) in [6.07, 6.45) is -3.45. The molecule has 0 aromatic heterocycles. The van der Waals surface area contributed by atoms with E-state index in [0.717, 1.165) is 11.6 Å². The standard InChI is InChI=1S/C32H27BrF3N3O7/c1-3-43-28-16-22(10-12-27(28)45-19-20-8-6-5-7-9-20)31(40)38-37-18-21-14-24(33)30(29(15-21)44-4-2)46-26-13-11-23(32(34,35)36)17-25(26)39(41)42/h5-18H,3-4,19H2,1-2H3,(H,38,40)/b37-18+. The molecule has 10 nitrogen and oxygen atoms in total. The maximum absolute atomic E-state index is 13.1. The second-order valence-electron chi connectivity index (χ2n) is 9.37. The van der Waals surface area contributed by atoms with Gasteiger partial charge in [0.05, 0.1) is 34.4 Å². The van der Waals surface area contributed by atoms with Gasteiger partial charge in [-0.2, -0.15) is 18.3 Å². The lowest BCUT2D eigenvalue weighted by Gasteiger charge is -2.15. The lowest BCUT2D eigenvalue weighted by molar-refractivity contribution is -0.385. The largest absolute Gasteiger partial charge is 0.490 e. The molecule has 240 valence electrons. The van der Waals surface area contributed by atoms with Crippen molar-refractivity contribution in [3.63, 3.8) is 0 Å². The average molecular weight is 702 g/mol. The Hall–Kier alpha value is -5.11. The van der Waals surface area contributed by atoms with Crippen molar-refractivity contribution < 1.29 is 41.8 Å². The quantitative estimate of drug-likeness (QED) is 0.0845. The molecule has 4 rings (SSSR count). The third-order valence-electron chi connectivity index (χ3n) is 6.15. The van der Waals surface area contributed by atoms with Crippen molar-refractivity contribution in [1.29, 1.82) is 0 Å². The fourth-order valence-electron chi connectivity index (χ4n) is 4.06. The highest BCUT2D eigenvalue weighted by molar-refractivity contribution is 9.10. The topological polar surface area (TPSA) is 122 Å². The zero-order valence-electron chi connectivity index (χ0n) is 24.5. The summed E-state index contributed by atoms with van der Waals surface area (Å²) in [7, 11) is 0. The molecule has 0 aliphatic heterocycles. The number of halogens is 4. The van der Waals surface area contributed by atoms with Crippen molar-refractivity contribution >= 4 is 33.7 Å². The number of amides is 1. The maximum atomic E-state index is 13.1. The van der Waals surface area contributed by atoms with Crippen LogP contribution >= 0.6 is 15.9 Å². The monoisotopic (exact) mass is 701 g/mol. The first-order valence-electron chi connectivity index (χ1n) is 13.8. The first-order chi connectivity index (χ1) is 22.0. The highest BCUT2D eigenvalue weighted by atomic mass is 79.9. The SMILES string of the molecule is CCOc1cc(C(=O)N/N=C/c2cc(Br)c(Oc3ccc(C(F)(F)F)cc3[N+](=O)[O-])c(OCC)c2)ccc1OCc1ccccc1. The summed E-state index contributed by atoms with van der Waals surface area (Å²) >= 11 is 3.32. The molecule has 0 unspecified atom stereocenters. The molecular formula is C32H27BrF3N3O7. The van der Waals surface area contributed by atoms with Gasteiger partial charge < -0.3 is 18.9 Å². The molecule has 46 heavy (non-hydrogen) atoms. The number of carbonyl (C=O) groups is 1. The predicted molar refractivity (Wildman–Crippen MR) is 167 cm³/mol. The molecule has 0 atom stereocenters. The third kappa shape index (κ3) is 8.75. The van der Waals surface area contributed by atoms with Crippen molar-refractivity contribution in [2.45, 2.75) is 26.6 Å². The molecule has 0 radical (unpaired) electrons. The Morgan fingerprint density at radius 2 is 1.61 bits per heavy atom. The maximum Gasteiger partial charge on any atom is 0.416 e. The molecule has 0 spiro atoms. The van der Waals surface area contributed by atoms with E-state index in [0.29, 0.717) is 42.4 Å². The molecule has 0 heterocycles. The zero-order chi connectivity index (χ0) is 33.3. The number of nitrogens with zero attached hydrogens (tertiary/aromatic N) is 2. The summed E-state index contributed by atoms with van der Waals surface area (Å²) < 4.78 is 62.5. The molecule has 0 fully saturated rings. The van der Waals surface area contributed by atoms with Crippen molar-refractivity contribution in [2.24, 2.45) is 5.10 Å². The van der Waals surface area contributed by atoms with Gasteiger partial charge in [-0.15, -0.1) is 0 Å². The van der Waals surface area contributed by atoms with E-state index in [2.05, 4.69) is 26.5 Å². The first kappa shape index (κ1) is 33.8. The smallest absolute Gasteiger partial charge is 0.416 e. The Labute approximate surface area is 270 Å². The van der Waals surface area contributed by atoms with E-state index in [1.165, 1.54) is 18.3 Å². The Balaban J connectivity index is 1.50. The third-order valence-corrected chi connectivity index (χ3v) is 6.74. The number of alkyl halides is 3. The van der Waals surface area contributed by atoms with Crippen LogP contribution in [0.3, 0.4) is 0 Å². The summed E-state index contributed by atoms with van der Waals surface area (Å²) in [6, 6.07) is 19.3. The summed E-state index contributed by atoms with van der Waals surface area (Å²) in [5.74, 6) is 0.0316. The van der Waals surface area contributed by atoms with Gasteiger partial charge in [-0.3, -0.25) is 14.9 Å². The normalized spacial score (nSPS) is 11.3. The molecule has 0 saturated carbocycles. The van der Waals surface area contributed by atoms with Crippen LogP contribution in [0.25, 0.3) is 0 Å². The van der Waals surface area contributed by atoms with Gasteiger partial charge in [0.2, 0.25) is 5.75 Å². The number of hydrazone groups is 1. The zero-order valence-corrected chi connectivity index (χ0v) is 26.1. The van der Waals surface area contributed by atoms with Crippen LogP contribution in [0.2, 0.25) is 0 Å². The lowest BCUT2D eigenvalue weighted by atomic mass is 10.1. The van der Waals surface area contributed by atoms with Gasteiger partial charge in [-0.05, 0) is 83.4 Å². The fourth-order valence-corrected chi connectivity index (χ4v) is 4.60. The minimum Gasteiger partial charge on any atom is -0.490 e. The summed E-state index contributed by atoms with van der Waals surface area (Å²) in [4.78, 5) is 23.4. The van der Waals surface area contributed by atoms with Gasteiger partial charge >= 0.3 is 11.9 Å². The summed E-state index contributed by atoms with van der Waals surface area (Å²) in [5, 5.41) is 15.5. The second-order valence-corrected chi connectivity index (χ2v) is 10.2. The van der Waals surface area contributed by atoms with Crippen LogP contribution in [0.5, 0.6) is 28.7 Å². The van der Waals surface area contributed by atoms with Crippen molar-refractivity contribution in [3.05, 3.63) is 116 Å². The Morgan fingerprint density at radius 3 is 2.28 bits per heavy atom. The van der Waals surface area contributed by atoms with Crippen LogP contribution in [0.4, 0.5) is 18.9 Å². The number of benzene rings is 4. The minimum atomic E-state index is -4.78. The first-order valence-corrected chi connectivity index (χ1v) is 14.6. The van der Waals surface area contributed by atoms with Gasteiger partial charge in [-0.1, -0.05) is 30.3 Å². The van der Waals surface area contributed by atoms with Gasteiger partial charge in [0.1, 0.15) is 6.61 Å². The Kier molecular flexibility index (Phi) is 11.2. The van der Waals surface area contributed by atoms with Gasteiger partial charge in [0.25, 0.3) is 5.91 Å². The number of nitrogens with one attached hydrogen (secondary N) is 1. The van der Waals surface area contributed by atoms with Crippen LogP contribution in [0.1, 0.15) is 40.9 Å². The van der Waals surface area contributed by atoms with E-state index in [-0.39, 0.29) is 28.1 Å². The van der Waals surface area contributed by atoms with Crippen molar-refractivity contribution in [3.8, 4) is 28.7 Å². The molecule has 0 bridgehead atoms. The fraction of sp³-hybridized carbons (Fsp3) is 0.188. The predicted octanol–water partition coefficient (Wildman–Crippen LogP) is 8.31. The number of hydrogen-bond donors (Lipinski definition) is 1. The number of nitro benzene ring substituents is 1. The highest BCUT2D eigenvalue weighted by Gasteiger charge is 2.33. The van der Waals surface area contributed by atoms with Crippen LogP contribution < -0.4 is 24.4 Å². The molecule has 0 aliphatic carbocycles. The number of rotatable bonds is 13. The van der Waals surface area contributed by atoms with Crippen molar-refractivity contribution in [1.82, 2.24) is 5.43 Å². The highest BCUT2D eigenvalue weighted by Crippen LogP contribution is 2.43. The Morgan fingerprint density at radius 1 is 0.913 bits per heavy atom. The second kappa shape index (κ2) is 15.3. The molecule has 1 N–H and O–H groups in total. The van der Waals surface area contributed by atoms with E-state index in [1.807, 2.05) is 37.3 Å². The lowest BCUT2D eigenvalue weighted by Crippen LogP contribution is -2.17. The van der Waals surface area contributed by atoms with E-state index in [9.17, 15) is 28.1 Å². The van der Waals surface area contributed by atoms with Crippen LogP contribution in [0.15, 0.2) is 88.4 Å². The van der Waals surface area contributed by atoms with Crippen molar-refractivity contribution in [2.75, 3.05) is 13.2 Å². The minimum absolute atomic E-state index is 0.0103. The number of ether oxygens (including phenoxy) is 4. The molecule has 0 saturated heterocycles. The van der Waals surface area contributed by atoms with Crippen LogP contribution in [-0.4, -0.2) is 30.3 Å². The van der Waals surface area contributed by atoms with Gasteiger partial charge in [0.15, 0.2) is 23.0 Å². The van der Waals surface area contributed by atoms with E-state index >= 15 is 0 Å². The molecule has 1 amide bonds. The van der Waals surface area contributed by atoms with Gasteiger partial charge in [-0.25, -0.2) is 5.43 Å². The van der Waals surface area contributed by atoms with Gasteiger partial charge in [0, 0.05) is 11.6 Å². The van der Waals surface area contributed by atoms with Crippen LogP contribution in [-0.2, 0) is 12.8 Å². The molecule has 4 aromatic rings. The average Bonchev–Trinajstić information content (AvgIpc) is 3.02. The summed E-state index contributed by atoms with van der Waals surface area (Å²) in [5.41, 5.74) is 2.05. The van der Waals surface area contributed by atoms with E-state index in [1.54, 1.807) is 25.1 Å².